The van der Waals surface area contributed by atoms with Crippen LogP contribution in [0.1, 0.15) is 35.3 Å². The normalized spacial score (nSPS) is 19.5. The van der Waals surface area contributed by atoms with E-state index in [4.69, 9.17) is 10.4 Å². The molecule has 2 saturated heterocycles. The SMILES string of the molecule is N=C(/C=C\c1ncc(-c2csc(CN3CCNCC3)n2)[nH]1)N1CCCC1c1cccc(F)c1. The number of benzene rings is 1. The third-order valence-electron chi connectivity index (χ3n) is 6.19. The van der Waals surface area contributed by atoms with Crippen molar-refractivity contribution in [2.75, 3.05) is 32.7 Å². The lowest BCUT2D eigenvalue weighted by Gasteiger charge is -2.26. The summed E-state index contributed by atoms with van der Waals surface area (Å²) in [5.41, 5.74) is 2.70. The lowest BCUT2D eigenvalue weighted by Crippen LogP contribution is -2.42. The summed E-state index contributed by atoms with van der Waals surface area (Å²) in [7, 11) is 0. The van der Waals surface area contributed by atoms with Crippen LogP contribution in [0.3, 0.4) is 0 Å². The first kappa shape index (κ1) is 21.9. The number of hydrogen-bond donors (Lipinski definition) is 3. The van der Waals surface area contributed by atoms with Crippen LogP contribution in [-0.4, -0.2) is 63.3 Å². The minimum atomic E-state index is -0.234. The van der Waals surface area contributed by atoms with Gasteiger partial charge >= 0.3 is 0 Å². The Hall–Kier alpha value is -2.88. The number of nitrogens with one attached hydrogen (secondary N) is 3. The van der Waals surface area contributed by atoms with E-state index in [9.17, 15) is 4.39 Å². The maximum atomic E-state index is 13.7. The Morgan fingerprint density at radius 2 is 2.15 bits per heavy atom. The van der Waals surface area contributed by atoms with Crippen LogP contribution in [0.15, 0.2) is 41.9 Å². The van der Waals surface area contributed by atoms with Gasteiger partial charge in [-0.2, -0.15) is 0 Å². The molecule has 4 heterocycles. The maximum absolute atomic E-state index is 13.7. The lowest BCUT2D eigenvalue weighted by atomic mass is 10.0. The van der Waals surface area contributed by atoms with E-state index < -0.39 is 0 Å². The van der Waals surface area contributed by atoms with Gasteiger partial charge in [0.2, 0.25) is 0 Å². The maximum Gasteiger partial charge on any atom is 0.130 e. The summed E-state index contributed by atoms with van der Waals surface area (Å²) in [6, 6.07) is 6.74. The molecule has 0 bridgehead atoms. The molecule has 33 heavy (non-hydrogen) atoms. The average molecular weight is 466 g/mol. The number of rotatable bonds is 6. The molecular formula is C24H28FN7S. The second-order valence-electron chi connectivity index (χ2n) is 8.46. The predicted octanol–water partition coefficient (Wildman–Crippen LogP) is 3.91. The number of piperazine rings is 1. The van der Waals surface area contributed by atoms with E-state index in [-0.39, 0.29) is 11.9 Å². The molecule has 0 saturated carbocycles. The van der Waals surface area contributed by atoms with Crippen molar-refractivity contribution in [3.8, 4) is 11.4 Å². The number of halogens is 1. The van der Waals surface area contributed by atoms with E-state index in [2.05, 4.69) is 25.6 Å². The Labute approximate surface area is 196 Å². The van der Waals surface area contributed by atoms with Crippen LogP contribution in [-0.2, 0) is 6.54 Å². The number of aromatic nitrogens is 3. The summed E-state index contributed by atoms with van der Waals surface area (Å²) >= 11 is 1.68. The van der Waals surface area contributed by atoms with Gasteiger partial charge in [-0.1, -0.05) is 12.1 Å². The highest BCUT2D eigenvalue weighted by Crippen LogP contribution is 2.32. The molecule has 5 rings (SSSR count). The molecule has 7 nitrogen and oxygen atoms in total. The minimum Gasteiger partial charge on any atom is -0.350 e. The first-order valence-electron chi connectivity index (χ1n) is 11.4. The zero-order valence-corrected chi connectivity index (χ0v) is 19.2. The van der Waals surface area contributed by atoms with Gasteiger partial charge in [0.05, 0.1) is 30.2 Å². The highest BCUT2D eigenvalue weighted by atomic mass is 32.1. The van der Waals surface area contributed by atoms with E-state index in [1.807, 2.05) is 17.0 Å². The Bertz CT molecular complexity index is 1130. The van der Waals surface area contributed by atoms with Gasteiger partial charge in [-0.15, -0.1) is 11.3 Å². The summed E-state index contributed by atoms with van der Waals surface area (Å²) in [6.07, 6.45) is 7.28. The van der Waals surface area contributed by atoms with Crippen LogP contribution >= 0.6 is 11.3 Å². The Morgan fingerprint density at radius 1 is 1.27 bits per heavy atom. The third kappa shape index (κ3) is 5.21. The van der Waals surface area contributed by atoms with E-state index in [1.165, 1.54) is 6.07 Å². The fourth-order valence-electron chi connectivity index (χ4n) is 4.49. The van der Waals surface area contributed by atoms with E-state index in [0.29, 0.717) is 11.7 Å². The smallest absolute Gasteiger partial charge is 0.130 e. The molecule has 2 aromatic heterocycles. The molecule has 2 aliphatic rings. The van der Waals surface area contributed by atoms with Crippen molar-refractivity contribution in [1.82, 2.24) is 30.1 Å². The summed E-state index contributed by atoms with van der Waals surface area (Å²) in [4.78, 5) is 17.0. The molecule has 2 fully saturated rings. The van der Waals surface area contributed by atoms with Gasteiger partial charge in [-0.05, 0) is 42.7 Å². The van der Waals surface area contributed by atoms with Gasteiger partial charge in [-0.3, -0.25) is 10.3 Å². The van der Waals surface area contributed by atoms with Crippen LogP contribution in [0.2, 0.25) is 0 Å². The van der Waals surface area contributed by atoms with Crippen molar-refractivity contribution >= 4 is 23.2 Å². The molecule has 1 unspecified atom stereocenters. The topological polar surface area (TPSA) is 83.9 Å². The molecule has 0 aliphatic carbocycles. The number of likely N-dealkylation sites (tertiary alicyclic amines) is 1. The number of H-pyrrole nitrogens is 1. The van der Waals surface area contributed by atoms with Crippen LogP contribution in [0, 0.1) is 11.2 Å². The molecule has 1 atom stereocenters. The molecule has 3 aromatic rings. The van der Waals surface area contributed by atoms with E-state index >= 15 is 0 Å². The van der Waals surface area contributed by atoms with E-state index in [1.54, 1.807) is 35.7 Å². The standard InChI is InChI=1S/C24H28FN7S/c25-18-4-1-3-17(13-18)21-5-2-10-32(21)22(26)6-7-23-28-14-19(29-23)20-16-33-24(30-20)15-31-11-8-27-9-12-31/h1,3-4,6-7,13-14,16,21,26-27H,2,5,8-12,15H2,(H,28,29)/b7-6-,26-22?. The van der Waals surface area contributed by atoms with Crippen molar-refractivity contribution in [2.24, 2.45) is 0 Å². The van der Waals surface area contributed by atoms with Crippen molar-refractivity contribution in [3.63, 3.8) is 0 Å². The lowest BCUT2D eigenvalue weighted by molar-refractivity contribution is 0.233. The summed E-state index contributed by atoms with van der Waals surface area (Å²) in [6.45, 7) is 5.84. The van der Waals surface area contributed by atoms with Crippen molar-refractivity contribution in [1.29, 1.82) is 5.41 Å². The fourth-order valence-corrected chi connectivity index (χ4v) is 5.32. The number of thiazole rings is 1. The van der Waals surface area contributed by atoms with Crippen molar-refractivity contribution in [2.45, 2.75) is 25.4 Å². The van der Waals surface area contributed by atoms with Crippen LogP contribution < -0.4 is 5.32 Å². The molecule has 0 amide bonds. The van der Waals surface area contributed by atoms with Gasteiger partial charge in [0.1, 0.15) is 22.5 Å². The summed E-state index contributed by atoms with van der Waals surface area (Å²) in [5.74, 6) is 0.863. The van der Waals surface area contributed by atoms with Gasteiger partial charge in [-0.25, -0.2) is 14.4 Å². The quantitative estimate of drug-likeness (QED) is 0.380. The Morgan fingerprint density at radius 3 is 3.00 bits per heavy atom. The number of imidazole rings is 1. The third-order valence-corrected chi connectivity index (χ3v) is 7.02. The van der Waals surface area contributed by atoms with Crippen LogP contribution in [0.25, 0.3) is 17.5 Å². The highest BCUT2D eigenvalue weighted by molar-refractivity contribution is 7.09. The van der Waals surface area contributed by atoms with Gasteiger partial charge < -0.3 is 15.2 Å². The highest BCUT2D eigenvalue weighted by Gasteiger charge is 2.27. The second-order valence-corrected chi connectivity index (χ2v) is 9.40. The zero-order chi connectivity index (χ0) is 22.6. The number of aromatic amines is 1. The summed E-state index contributed by atoms with van der Waals surface area (Å²) < 4.78 is 13.7. The average Bonchev–Trinajstić information content (AvgIpc) is 3.59. The number of amidine groups is 1. The van der Waals surface area contributed by atoms with Crippen LogP contribution in [0.4, 0.5) is 4.39 Å². The zero-order valence-electron chi connectivity index (χ0n) is 18.4. The first-order valence-corrected chi connectivity index (χ1v) is 12.3. The molecule has 0 radical (unpaired) electrons. The predicted molar refractivity (Wildman–Crippen MR) is 130 cm³/mol. The first-order chi connectivity index (χ1) is 16.2. The number of nitrogens with zero attached hydrogens (tertiary/aromatic N) is 4. The molecule has 1 aromatic carbocycles. The van der Waals surface area contributed by atoms with Gasteiger partial charge in [0.25, 0.3) is 0 Å². The summed E-state index contributed by atoms with van der Waals surface area (Å²) in [5, 5.41) is 15.1. The molecule has 9 heteroatoms. The second kappa shape index (κ2) is 9.94. The van der Waals surface area contributed by atoms with Gasteiger partial charge in [0.15, 0.2) is 0 Å². The van der Waals surface area contributed by atoms with Crippen LogP contribution in [0.5, 0.6) is 0 Å². The number of hydrogen-bond acceptors (Lipinski definition) is 6. The largest absolute Gasteiger partial charge is 0.350 e. The fraction of sp³-hybridized carbons (Fsp3) is 0.375. The minimum absolute atomic E-state index is 0.0362. The molecule has 2 aliphatic heterocycles. The molecule has 0 spiro atoms. The molecule has 172 valence electrons. The Balaban J connectivity index is 1.22. The molecule has 3 N–H and O–H groups in total. The van der Waals surface area contributed by atoms with Gasteiger partial charge in [0, 0.05) is 38.1 Å². The molecular weight excluding hydrogens is 437 g/mol. The van der Waals surface area contributed by atoms with Crippen molar-refractivity contribution in [3.05, 3.63) is 64.1 Å². The van der Waals surface area contributed by atoms with E-state index in [0.717, 1.165) is 74.1 Å². The monoisotopic (exact) mass is 465 g/mol. The Kier molecular flexibility index (Phi) is 6.61. The van der Waals surface area contributed by atoms with Crippen molar-refractivity contribution < 1.29 is 4.39 Å².